The summed E-state index contributed by atoms with van der Waals surface area (Å²) in [7, 11) is 0. The molecular weight excluding hydrogens is 866 g/mol. The summed E-state index contributed by atoms with van der Waals surface area (Å²) in [4.78, 5) is 20.9. The van der Waals surface area contributed by atoms with Crippen molar-refractivity contribution in [3.8, 4) is 0 Å². The van der Waals surface area contributed by atoms with Gasteiger partial charge in [-0.2, -0.15) is 0 Å². The van der Waals surface area contributed by atoms with Crippen LogP contribution >= 0.6 is 0 Å². The molecule has 0 heterocycles. The summed E-state index contributed by atoms with van der Waals surface area (Å²) in [6, 6.07) is 20.5. The van der Waals surface area contributed by atoms with E-state index >= 15 is 0 Å². The predicted molar refractivity (Wildman–Crippen MR) is 238 cm³/mol. The average Bonchev–Trinajstić information content (AvgIpc) is 3.21. The van der Waals surface area contributed by atoms with Crippen LogP contribution in [0.4, 0.5) is 0 Å². The van der Waals surface area contributed by atoms with Crippen LogP contribution in [-0.4, -0.2) is 95.4 Å². The summed E-state index contributed by atoms with van der Waals surface area (Å²) < 4.78 is 12.4. The smallest absolute Gasteiger partial charge is 0.550 e. The van der Waals surface area contributed by atoms with E-state index in [4.69, 9.17) is 9.47 Å². The number of ether oxygens (including phenoxy) is 2. The van der Waals surface area contributed by atoms with Crippen molar-refractivity contribution in [2.75, 3.05) is 0 Å². The number of aliphatic hydroxyl groups excluding tert-OH is 2. The third kappa shape index (κ3) is 38.2. The average molecular weight is 949 g/mol. The normalized spacial score (nSPS) is 13.1. The summed E-state index contributed by atoms with van der Waals surface area (Å²) in [5.41, 5.74) is 2.39. The Bertz CT molecular complexity index is 1110. The van der Waals surface area contributed by atoms with Crippen LogP contribution < -0.4 is 10.2 Å². The number of hydrogen-bond acceptors (Lipinski definition) is 8. The molecule has 0 saturated carbocycles. The van der Waals surface area contributed by atoms with E-state index < -0.39 is 11.9 Å². The van der Waals surface area contributed by atoms with Crippen molar-refractivity contribution in [1.82, 2.24) is 0 Å². The SMILES string of the molecule is CCCCCC(O)CCCC(CCCCCCCC(=O)[O-])OCc1ccccc1.CCCCCC(O)CCCC(CCCCCCCC(=O)[O-])OCc1ccccc1.[Ba+2]. The van der Waals surface area contributed by atoms with E-state index in [1.165, 1.54) is 36.8 Å². The maximum absolute atomic E-state index is 10.4. The van der Waals surface area contributed by atoms with Crippen LogP contribution in [0.3, 0.4) is 0 Å². The second-order valence-electron chi connectivity index (χ2n) is 16.4. The minimum Gasteiger partial charge on any atom is -0.550 e. The second kappa shape index (κ2) is 42.1. The van der Waals surface area contributed by atoms with E-state index in [0.29, 0.717) is 26.1 Å². The number of benzene rings is 2. The predicted octanol–water partition coefficient (Wildman–Crippen LogP) is 9.95. The first-order chi connectivity index (χ1) is 28.2. The number of unbranched alkanes of at least 4 members (excludes halogenated alkanes) is 12. The molecule has 9 heteroatoms. The fourth-order valence-electron chi connectivity index (χ4n) is 7.25. The fraction of sp³-hybridized carbons (Fsp3) is 0.720. The number of aliphatic hydroxyl groups is 2. The second-order valence-corrected chi connectivity index (χ2v) is 16.4. The van der Waals surface area contributed by atoms with Gasteiger partial charge in [-0.05, 0) is 101 Å². The van der Waals surface area contributed by atoms with Gasteiger partial charge in [0.15, 0.2) is 0 Å². The number of aliphatic carboxylic acids is 2. The van der Waals surface area contributed by atoms with Gasteiger partial charge in [-0.1, -0.05) is 164 Å². The van der Waals surface area contributed by atoms with Crippen LogP contribution in [0.1, 0.15) is 205 Å². The van der Waals surface area contributed by atoms with Crippen molar-refractivity contribution >= 4 is 60.8 Å². The Labute approximate surface area is 400 Å². The summed E-state index contributed by atoms with van der Waals surface area (Å²) in [5.74, 6) is -1.90. The molecule has 0 aromatic heterocycles. The Morgan fingerprint density at radius 2 is 0.763 bits per heavy atom. The van der Waals surface area contributed by atoms with Gasteiger partial charge in [-0.3, -0.25) is 0 Å². The summed E-state index contributed by atoms with van der Waals surface area (Å²) in [5, 5.41) is 41.2. The van der Waals surface area contributed by atoms with E-state index in [9.17, 15) is 30.0 Å². The first kappa shape index (κ1) is 57.8. The van der Waals surface area contributed by atoms with Crippen LogP contribution in [0.25, 0.3) is 0 Å². The van der Waals surface area contributed by atoms with Gasteiger partial charge in [0.2, 0.25) is 0 Å². The summed E-state index contributed by atoms with van der Waals surface area (Å²) in [6.07, 6.45) is 26.9. The van der Waals surface area contributed by atoms with Crippen molar-refractivity contribution in [3.63, 3.8) is 0 Å². The molecule has 0 radical (unpaired) electrons. The molecule has 2 aromatic carbocycles. The molecule has 59 heavy (non-hydrogen) atoms. The van der Waals surface area contributed by atoms with Gasteiger partial charge in [-0.15, -0.1) is 0 Å². The minimum atomic E-state index is -0.948. The molecule has 2 rings (SSSR count). The van der Waals surface area contributed by atoms with E-state index in [0.717, 1.165) is 128 Å². The largest absolute Gasteiger partial charge is 2.00 e. The first-order valence-corrected chi connectivity index (χ1v) is 23.3. The van der Waals surface area contributed by atoms with Gasteiger partial charge in [0.05, 0.1) is 37.6 Å². The molecule has 0 spiro atoms. The third-order valence-electron chi connectivity index (χ3n) is 10.9. The van der Waals surface area contributed by atoms with Crippen LogP contribution in [0, 0.1) is 0 Å². The molecule has 0 aliphatic heterocycles. The van der Waals surface area contributed by atoms with Crippen molar-refractivity contribution in [1.29, 1.82) is 0 Å². The molecule has 0 saturated heterocycles. The Morgan fingerprint density at radius 1 is 0.458 bits per heavy atom. The summed E-state index contributed by atoms with van der Waals surface area (Å²) in [6.45, 7) is 5.64. The van der Waals surface area contributed by atoms with Crippen LogP contribution in [-0.2, 0) is 32.3 Å². The number of carboxylic acid groups (broad SMARTS) is 2. The van der Waals surface area contributed by atoms with Crippen LogP contribution in [0.15, 0.2) is 60.7 Å². The van der Waals surface area contributed by atoms with Gasteiger partial charge < -0.3 is 39.5 Å². The minimum absolute atomic E-state index is 0. The fourth-order valence-corrected chi connectivity index (χ4v) is 7.25. The van der Waals surface area contributed by atoms with Crippen molar-refractivity contribution in [2.45, 2.75) is 231 Å². The van der Waals surface area contributed by atoms with Gasteiger partial charge in [0.25, 0.3) is 0 Å². The van der Waals surface area contributed by atoms with E-state index in [-0.39, 0.29) is 86.1 Å². The topological polar surface area (TPSA) is 139 Å². The van der Waals surface area contributed by atoms with Crippen molar-refractivity contribution < 1.29 is 39.5 Å². The molecule has 4 atom stereocenters. The van der Waals surface area contributed by atoms with E-state index in [1.54, 1.807) is 0 Å². The van der Waals surface area contributed by atoms with Gasteiger partial charge in [0, 0.05) is 11.9 Å². The molecule has 0 amide bonds. The molecule has 0 aliphatic rings. The molecule has 0 aliphatic carbocycles. The zero-order valence-electron chi connectivity index (χ0n) is 37.3. The van der Waals surface area contributed by atoms with Crippen molar-refractivity contribution in [2.24, 2.45) is 0 Å². The first-order valence-electron chi connectivity index (χ1n) is 23.3. The maximum atomic E-state index is 10.4. The summed E-state index contributed by atoms with van der Waals surface area (Å²) >= 11 is 0. The monoisotopic (exact) mass is 949 g/mol. The van der Waals surface area contributed by atoms with Crippen molar-refractivity contribution in [3.05, 3.63) is 71.8 Å². The number of carboxylic acids is 2. The zero-order chi connectivity index (χ0) is 42.3. The molecule has 0 fully saturated rings. The van der Waals surface area contributed by atoms with Gasteiger partial charge >= 0.3 is 48.9 Å². The molecule has 332 valence electrons. The Balaban J connectivity index is 0.00000112. The molecule has 4 unspecified atom stereocenters. The standard InChI is InChI=1S/2C25H42O4.Ba/c2*1-2-3-8-16-23(26)17-13-19-24(29-21-22-14-9-7-10-15-22)18-11-5-4-6-12-20-25(27)28;/h2*7,9-10,14-15,23-24,26H,2-6,8,11-13,16-21H2,1H3,(H,27,28);/q;;+2/p-2. The number of rotatable bonds is 38. The number of hydrogen-bond donors (Lipinski definition) is 2. The molecule has 2 aromatic rings. The molecule has 2 N–H and O–H groups in total. The number of carbonyl (C=O) groups is 2. The molecule has 0 bridgehead atoms. The van der Waals surface area contributed by atoms with Crippen LogP contribution in [0.5, 0.6) is 0 Å². The van der Waals surface area contributed by atoms with Gasteiger partial charge in [0.1, 0.15) is 0 Å². The quantitative estimate of drug-likeness (QED) is 0.0501. The zero-order valence-corrected chi connectivity index (χ0v) is 41.8. The maximum Gasteiger partial charge on any atom is 2.00 e. The Kier molecular flexibility index (Phi) is 41.2. The molecule has 8 nitrogen and oxygen atoms in total. The third-order valence-corrected chi connectivity index (χ3v) is 10.9. The number of carbonyl (C=O) groups excluding carboxylic acids is 2. The van der Waals surface area contributed by atoms with E-state index in [2.05, 4.69) is 38.1 Å². The molecular formula is C50H82BaO8. The van der Waals surface area contributed by atoms with Gasteiger partial charge in [-0.25, -0.2) is 0 Å². The van der Waals surface area contributed by atoms with E-state index in [1.807, 2.05) is 36.4 Å². The Hall–Kier alpha value is -1.21. The Morgan fingerprint density at radius 3 is 1.12 bits per heavy atom. The van der Waals surface area contributed by atoms with Crippen LogP contribution in [0.2, 0.25) is 0 Å².